The van der Waals surface area contributed by atoms with Crippen LogP contribution in [0.4, 0.5) is 5.69 Å². The molecular weight excluding hydrogens is 222 g/mol. The molecule has 0 spiro atoms. The van der Waals surface area contributed by atoms with Gasteiger partial charge in [0.15, 0.2) is 6.73 Å². The number of allylic oxidation sites excluding steroid dienone is 3. The second-order valence-electron chi connectivity index (χ2n) is 4.20. The number of anilines is 1. The van der Waals surface area contributed by atoms with Crippen molar-refractivity contribution in [3.63, 3.8) is 0 Å². The summed E-state index contributed by atoms with van der Waals surface area (Å²) in [6.45, 7) is 5.52. The highest BCUT2D eigenvalue weighted by atomic mass is 16.5. The van der Waals surface area contributed by atoms with Crippen LogP contribution in [0.1, 0.15) is 13.8 Å². The van der Waals surface area contributed by atoms with Crippen LogP contribution in [-0.2, 0) is 4.74 Å². The summed E-state index contributed by atoms with van der Waals surface area (Å²) in [7, 11) is 0. The largest absolute Gasteiger partial charge is 0.473 e. The number of hydrogen-bond donors (Lipinski definition) is 0. The van der Waals surface area contributed by atoms with Crippen molar-refractivity contribution in [3.05, 3.63) is 66.0 Å². The van der Waals surface area contributed by atoms with E-state index < -0.39 is 0 Å². The van der Waals surface area contributed by atoms with Crippen molar-refractivity contribution >= 4 is 5.69 Å². The van der Waals surface area contributed by atoms with Gasteiger partial charge < -0.3 is 9.64 Å². The molecule has 2 heteroatoms. The third kappa shape index (κ3) is 2.83. The van der Waals surface area contributed by atoms with E-state index in [1.165, 1.54) is 11.3 Å². The monoisotopic (exact) mass is 241 g/mol. The number of hydrogen-bond acceptors (Lipinski definition) is 2. The van der Waals surface area contributed by atoms with Gasteiger partial charge in [0.05, 0.1) is 0 Å². The lowest BCUT2D eigenvalue weighted by atomic mass is 10.1. The van der Waals surface area contributed by atoms with Crippen LogP contribution in [-0.4, -0.2) is 13.3 Å². The summed E-state index contributed by atoms with van der Waals surface area (Å²) in [6, 6.07) is 10.3. The predicted molar refractivity (Wildman–Crippen MR) is 76.4 cm³/mol. The third-order valence-corrected chi connectivity index (χ3v) is 2.86. The van der Waals surface area contributed by atoms with Crippen LogP contribution >= 0.6 is 0 Å². The van der Waals surface area contributed by atoms with Crippen molar-refractivity contribution in [2.45, 2.75) is 13.8 Å². The van der Waals surface area contributed by atoms with E-state index in [4.69, 9.17) is 4.74 Å². The Hall–Kier alpha value is -1.96. The molecule has 0 atom stereocenters. The molecule has 2 rings (SSSR count). The fraction of sp³-hybridized carbons (Fsp3) is 0.250. The molecule has 0 N–H and O–H groups in total. The zero-order valence-corrected chi connectivity index (χ0v) is 11.0. The van der Waals surface area contributed by atoms with Crippen LogP contribution in [0, 0.1) is 0 Å². The maximum atomic E-state index is 5.82. The van der Waals surface area contributed by atoms with Crippen LogP contribution in [0.3, 0.4) is 0 Å². The Labute approximate surface area is 109 Å². The van der Waals surface area contributed by atoms with Crippen LogP contribution in [0.15, 0.2) is 66.0 Å². The van der Waals surface area contributed by atoms with Crippen LogP contribution < -0.4 is 4.90 Å². The molecular formula is C16H19NO. The van der Waals surface area contributed by atoms with Crippen molar-refractivity contribution in [3.8, 4) is 0 Å². The minimum Gasteiger partial charge on any atom is -0.473 e. The van der Waals surface area contributed by atoms with Crippen molar-refractivity contribution in [1.29, 1.82) is 0 Å². The molecule has 0 saturated heterocycles. The Morgan fingerprint density at radius 1 is 1.06 bits per heavy atom. The standard InChI is InChI=1S/C16H19NO/c1-3-8-14-12-17(13-18-16(14)9-4-2)15-10-6-5-7-11-15/h3-11H,12-13H2,1-2H3/b8-3-,9-4-. The molecule has 0 fully saturated rings. The van der Waals surface area contributed by atoms with Gasteiger partial charge in [0, 0.05) is 17.8 Å². The summed E-state index contributed by atoms with van der Waals surface area (Å²) in [5.41, 5.74) is 2.41. The first-order valence-corrected chi connectivity index (χ1v) is 6.26. The second kappa shape index (κ2) is 6.10. The Balaban J connectivity index is 2.23. The first-order chi connectivity index (χ1) is 8.85. The Kier molecular flexibility index (Phi) is 4.24. The number of rotatable bonds is 3. The van der Waals surface area contributed by atoms with Crippen molar-refractivity contribution in [2.24, 2.45) is 0 Å². The van der Waals surface area contributed by atoms with Crippen molar-refractivity contribution in [2.75, 3.05) is 18.2 Å². The molecule has 94 valence electrons. The van der Waals surface area contributed by atoms with Crippen LogP contribution in [0.2, 0.25) is 0 Å². The molecule has 0 bridgehead atoms. The summed E-state index contributed by atoms with van der Waals surface area (Å²) in [5.74, 6) is 0.975. The molecule has 0 aromatic heterocycles. The summed E-state index contributed by atoms with van der Waals surface area (Å²) >= 11 is 0. The Morgan fingerprint density at radius 3 is 2.44 bits per heavy atom. The minimum atomic E-state index is 0.602. The van der Waals surface area contributed by atoms with E-state index in [1.807, 2.05) is 32.1 Å². The van der Waals surface area contributed by atoms with E-state index in [0.29, 0.717) is 6.73 Å². The smallest absolute Gasteiger partial charge is 0.161 e. The maximum absolute atomic E-state index is 5.82. The topological polar surface area (TPSA) is 12.5 Å². The Bertz CT molecular complexity index is 471. The number of nitrogens with zero attached hydrogens (tertiary/aromatic N) is 1. The average molecular weight is 241 g/mol. The number of benzene rings is 1. The van der Waals surface area contributed by atoms with E-state index >= 15 is 0 Å². The van der Waals surface area contributed by atoms with E-state index in [2.05, 4.69) is 41.3 Å². The van der Waals surface area contributed by atoms with Gasteiger partial charge in [-0.05, 0) is 32.1 Å². The van der Waals surface area contributed by atoms with Gasteiger partial charge in [-0.15, -0.1) is 0 Å². The quantitative estimate of drug-likeness (QED) is 0.796. The summed E-state index contributed by atoms with van der Waals surface area (Å²) in [6.07, 6.45) is 8.20. The fourth-order valence-electron chi connectivity index (χ4n) is 2.02. The third-order valence-electron chi connectivity index (χ3n) is 2.86. The molecule has 1 aromatic carbocycles. The normalized spacial score (nSPS) is 16.7. The summed E-state index contributed by atoms with van der Waals surface area (Å²) in [4.78, 5) is 2.22. The second-order valence-corrected chi connectivity index (χ2v) is 4.20. The van der Waals surface area contributed by atoms with Gasteiger partial charge in [-0.3, -0.25) is 0 Å². The van der Waals surface area contributed by atoms with Gasteiger partial charge in [-0.2, -0.15) is 0 Å². The summed E-state index contributed by atoms with van der Waals surface area (Å²) < 4.78 is 5.82. The van der Waals surface area contributed by atoms with E-state index in [1.54, 1.807) is 0 Å². The van der Waals surface area contributed by atoms with Gasteiger partial charge >= 0.3 is 0 Å². The zero-order chi connectivity index (χ0) is 12.8. The highest BCUT2D eigenvalue weighted by molar-refractivity contribution is 5.50. The molecule has 18 heavy (non-hydrogen) atoms. The van der Waals surface area contributed by atoms with Crippen LogP contribution in [0.25, 0.3) is 0 Å². The van der Waals surface area contributed by atoms with Gasteiger partial charge in [0.1, 0.15) is 5.76 Å². The molecule has 0 radical (unpaired) electrons. The molecule has 0 saturated carbocycles. The molecule has 1 aromatic rings. The Morgan fingerprint density at radius 2 is 1.78 bits per heavy atom. The lowest BCUT2D eigenvalue weighted by molar-refractivity contribution is 0.208. The maximum Gasteiger partial charge on any atom is 0.161 e. The first kappa shape index (κ1) is 12.5. The average Bonchev–Trinajstić information content (AvgIpc) is 2.42. The SMILES string of the molecule is C/C=C\C1=C(/C=C\C)OCN(c2ccccc2)C1. The minimum absolute atomic E-state index is 0.602. The number of para-hydroxylation sites is 1. The van der Waals surface area contributed by atoms with E-state index in [-0.39, 0.29) is 0 Å². The zero-order valence-electron chi connectivity index (χ0n) is 11.0. The number of ether oxygens (including phenoxy) is 1. The highest BCUT2D eigenvalue weighted by Gasteiger charge is 2.16. The molecule has 2 nitrogen and oxygen atoms in total. The van der Waals surface area contributed by atoms with Gasteiger partial charge in [-0.25, -0.2) is 0 Å². The lowest BCUT2D eigenvalue weighted by Crippen LogP contribution is -2.32. The van der Waals surface area contributed by atoms with Crippen molar-refractivity contribution in [1.82, 2.24) is 0 Å². The van der Waals surface area contributed by atoms with E-state index in [9.17, 15) is 0 Å². The molecule has 0 amide bonds. The van der Waals surface area contributed by atoms with Gasteiger partial charge in [0.25, 0.3) is 0 Å². The van der Waals surface area contributed by atoms with Gasteiger partial charge in [0.2, 0.25) is 0 Å². The first-order valence-electron chi connectivity index (χ1n) is 6.26. The van der Waals surface area contributed by atoms with Crippen molar-refractivity contribution < 1.29 is 4.74 Å². The molecule has 1 aliphatic rings. The summed E-state index contributed by atoms with van der Waals surface area (Å²) in [5, 5.41) is 0. The lowest BCUT2D eigenvalue weighted by Gasteiger charge is -2.31. The molecule has 1 heterocycles. The molecule has 1 aliphatic heterocycles. The molecule has 0 unspecified atom stereocenters. The van der Waals surface area contributed by atoms with Gasteiger partial charge in [-0.1, -0.05) is 36.4 Å². The molecule has 0 aliphatic carbocycles. The highest BCUT2D eigenvalue weighted by Crippen LogP contribution is 2.23. The fourth-order valence-corrected chi connectivity index (χ4v) is 2.02. The van der Waals surface area contributed by atoms with Crippen LogP contribution in [0.5, 0.6) is 0 Å². The van der Waals surface area contributed by atoms with E-state index in [0.717, 1.165) is 12.3 Å². The predicted octanol–water partition coefficient (Wildman–Crippen LogP) is 3.89.